The van der Waals surface area contributed by atoms with Crippen LogP contribution in [-0.2, 0) is 0 Å². The van der Waals surface area contributed by atoms with Gasteiger partial charge in [-0.2, -0.15) is 0 Å². The van der Waals surface area contributed by atoms with Gasteiger partial charge in [-0.1, -0.05) is 42.3 Å². The van der Waals surface area contributed by atoms with Gasteiger partial charge in [-0.05, 0) is 59.1 Å². The number of thiophene rings is 1. The van der Waals surface area contributed by atoms with Crippen LogP contribution in [0, 0.1) is 6.92 Å². The Kier molecular flexibility index (Phi) is 5.94. The van der Waals surface area contributed by atoms with Crippen LogP contribution in [-0.4, -0.2) is 6.54 Å². The van der Waals surface area contributed by atoms with Crippen molar-refractivity contribution in [1.82, 2.24) is 5.32 Å². The molecule has 20 heavy (non-hydrogen) atoms. The summed E-state index contributed by atoms with van der Waals surface area (Å²) in [6.45, 7) is 5.21. The zero-order chi connectivity index (χ0) is 14.7. The summed E-state index contributed by atoms with van der Waals surface area (Å²) in [6, 6.07) is 8.03. The van der Waals surface area contributed by atoms with Crippen LogP contribution in [0.15, 0.2) is 28.1 Å². The van der Waals surface area contributed by atoms with Gasteiger partial charge in [0.15, 0.2) is 0 Å². The van der Waals surface area contributed by atoms with Crippen LogP contribution in [0.5, 0.6) is 0 Å². The van der Waals surface area contributed by atoms with Crippen LogP contribution < -0.4 is 5.32 Å². The summed E-state index contributed by atoms with van der Waals surface area (Å²) in [5, 5.41) is 4.79. The highest BCUT2D eigenvalue weighted by molar-refractivity contribution is 9.11. The van der Waals surface area contributed by atoms with Crippen LogP contribution in [0.3, 0.4) is 0 Å². The maximum Gasteiger partial charge on any atom is 0.0704 e. The first-order valence-corrected chi connectivity index (χ1v) is 8.84. The quantitative estimate of drug-likeness (QED) is 0.637. The Morgan fingerprint density at radius 3 is 2.65 bits per heavy atom. The monoisotopic (exact) mass is 391 g/mol. The molecule has 0 aliphatic carbocycles. The molecule has 1 aromatic carbocycles. The van der Waals surface area contributed by atoms with Gasteiger partial charge < -0.3 is 5.32 Å². The minimum absolute atomic E-state index is 0.0729. The molecule has 2 rings (SSSR count). The zero-order valence-corrected chi connectivity index (χ0v) is 15.3. The number of halogens is 3. The third-order valence-corrected chi connectivity index (χ3v) is 5.53. The van der Waals surface area contributed by atoms with Crippen LogP contribution in [0.2, 0.25) is 10.0 Å². The second kappa shape index (κ2) is 7.28. The number of hydrogen-bond acceptors (Lipinski definition) is 2. The molecule has 1 heterocycles. The molecule has 0 aliphatic heterocycles. The molecule has 0 amide bonds. The van der Waals surface area contributed by atoms with Crippen molar-refractivity contribution in [2.75, 3.05) is 6.54 Å². The second-order valence-electron chi connectivity index (χ2n) is 4.59. The van der Waals surface area contributed by atoms with E-state index in [0.29, 0.717) is 10.0 Å². The highest BCUT2D eigenvalue weighted by Crippen LogP contribution is 2.38. The summed E-state index contributed by atoms with van der Waals surface area (Å²) < 4.78 is 1.13. The van der Waals surface area contributed by atoms with Gasteiger partial charge in [0.25, 0.3) is 0 Å². The fourth-order valence-corrected chi connectivity index (χ4v) is 4.33. The van der Waals surface area contributed by atoms with Gasteiger partial charge in [0, 0.05) is 4.88 Å². The third kappa shape index (κ3) is 3.58. The van der Waals surface area contributed by atoms with Crippen molar-refractivity contribution in [3.05, 3.63) is 54.1 Å². The summed E-state index contributed by atoms with van der Waals surface area (Å²) in [7, 11) is 0. The number of rotatable bonds is 5. The molecule has 0 fully saturated rings. The van der Waals surface area contributed by atoms with Gasteiger partial charge in [0.1, 0.15) is 0 Å². The Hall–Kier alpha value is -0.0600. The molecule has 1 unspecified atom stereocenters. The smallest absolute Gasteiger partial charge is 0.0704 e. The van der Waals surface area contributed by atoms with Crippen molar-refractivity contribution in [3.8, 4) is 0 Å². The fraction of sp³-hybridized carbons (Fsp3) is 0.333. The number of benzene rings is 1. The average molecular weight is 393 g/mol. The van der Waals surface area contributed by atoms with Crippen LogP contribution >= 0.6 is 50.5 Å². The highest BCUT2D eigenvalue weighted by atomic mass is 79.9. The van der Waals surface area contributed by atoms with Crippen molar-refractivity contribution in [1.29, 1.82) is 0 Å². The van der Waals surface area contributed by atoms with E-state index in [1.807, 2.05) is 18.2 Å². The summed E-state index contributed by atoms with van der Waals surface area (Å²) in [5.41, 5.74) is 2.28. The van der Waals surface area contributed by atoms with E-state index in [-0.39, 0.29) is 6.04 Å². The van der Waals surface area contributed by atoms with Crippen LogP contribution in [0.25, 0.3) is 0 Å². The van der Waals surface area contributed by atoms with Crippen molar-refractivity contribution >= 4 is 50.5 Å². The standard InChI is InChI=1S/C15H16BrCl2NS/c1-3-7-19-15(11-8-13(16)20-9(11)2)10-5-4-6-12(17)14(10)18/h4-6,8,15,19H,3,7H2,1-2H3. The lowest BCUT2D eigenvalue weighted by Gasteiger charge is -2.21. The Morgan fingerprint density at radius 2 is 2.05 bits per heavy atom. The van der Waals surface area contributed by atoms with Gasteiger partial charge in [0.05, 0.1) is 19.9 Å². The first-order chi connectivity index (χ1) is 9.54. The van der Waals surface area contributed by atoms with E-state index in [9.17, 15) is 0 Å². The zero-order valence-electron chi connectivity index (χ0n) is 11.3. The predicted octanol–water partition coefficient (Wildman–Crippen LogP) is 6.21. The lowest BCUT2D eigenvalue weighted by Crippen LogP contribution is -2.23. The molecule has 0 aliphatic rings. The first kappa shape index (κ1) is 16.3. The number of hydrogen-bond donors (Lipinski definition) is 1. The largest absolute Gasteiger partial charge is 0.306 e. The van der Waals surface area contributed by atoms with E-state index in [1.54, 1.807) is 11.3 Å². The summed E-state index contributed by atoms with van der Waals surface area (Å²) in [5.74, 6) is 0. The van der Waals surface area contributed by atoms with E-state index in [1.165, 1.54) is 10.4 Å². The van der Waals surface area contributed by atoms with Gasteiger partial charge in [0.2, 0.25) is 0 Å². The van der Waals surface area contributed by atoms with Gasteiger partial charge in [-0.3, -0.25) is 0 Å². The van der Waals surface area contributed by atoms with E-state index in [2.05, 4.69) is 41.2 Å². The topological polar surface area (TPSA) is 12.0 Å². The molecule has 0 saturated carbocycles. The van der Waals surface area contributed by atoms with Crippen LogP contribution in [0.4, 0.5) is 0 Å². The van der Waals surface area contributed by atoms with Gasteiger partial charge in [-0.25, -0.2) is 0 Å². The average Bonchev–Trinajstić information content (AvgIpc) is 2.74. The lowest BCUT2D eigenvalue weighted by molar-refractivity contribution is 0.598. The normalized spacial score (nSPS) is 12.7. The Morgan fingerprint density at radius 1 is 1.30 bits per heavy atom. The molecule has 108 valence electrons. The molecule has 0 saturated heterocycles. The minimum atomic E-state index is 0.0729. The molecule has 0 bridgehead atoms. The van der Waals surface area contributed by atoms with Crippen molar-refractivity contribution in [2.45, 2.75) is 26.3 Å². The predicted molar refractivity (Wildman–Crippen MR) is 93.4 cm³/mol. The fourth-order valence-electron chi connectivity index (χ4n) is 2.16. The molecule has 1 aromatic heterocycles. The van der Waals surface area contributed by atoms with Crippen molar-refractivity contribution < 1.29 is 0 Å². The molecule has 5 heteroatoms. The van der Waals surface area contributed by atoms with E-state index in [4.69, 9.17) is 23.2 Å². The molecular weight excluding hydrogens is 377 g/mol. The van der Waals surface area contributed by atoms with E-state index in [0.717, 1.165) is 22.3 Å². The lowest BCUT2D eigenvalue weighted by atomic mass is 9.99. The molecule has 1 N–H and O–H groups in total. The van der Waals surface area contributed by atoms with E-state index >= 15 is 0 Å². The Bertz CT molecular complexity index is 598. The highest BCUT2D eigenvalue weighted by Gasteiger charge is 2.21. The third-order valence-electron chi connectivity index (χ3n) is 3.13. The molecule has 0 spiro atoms. The molecule has 2 aromatic rings. The molecule has 0 radical (unpaired) electrons. The van der Waals surface area contributed by atoms with Crippen molar-refractivity contribution in [2.24, 2.45) is 0 Å². The first-order valence-electron chi connectivity index (χ1n) is 6.47. The Balaban J connectivity index is 2.47. The van der Waals surface area contributed by atoms with Gasteiger partial charge in [-0.15, -0.1) is 11.3 Å². The van der Waals surface area contributed by atoms with Crippen molar-refractivity contribution in [3.63, 3.8) is 0 Å². The number of aryl methyl sites for hydroxylation is 1. The summed E-state index contributed by atoms with van der Waals surface area (Å²) >= 11 is 17.8. The SMILES string of the molecule is CCCNC(c1cc(Br)sc1C)c1cccc(Cl)c1Cl. The molecule has 1 atom stereocenters. The Labute approximate surface area is 142 Å². The molecule has 1 nitrogen and oxygen atoms in total. The van der Waals surface area contributed by atoms with Crippen LogP contribution in [0.1, 0.15) is 35.4 Å². The summed E-state index contributed by atoms with van der Waals surface area (Å²) in [6.07, 6.45) is 1.07. The van der Waals surface area contributed by atoms with Gasteiger partial charge >= 0.3 is 0 Å². The maximum atomic E-state index is 6.40. The second-order valence-corrected chi connectivity index (χ2v) is 8.01. The maximum absolute atomic E-state index is 6.40. The number of nitrogens with one attached hydrogen (secondary N) is 1. The minimum Gasteiger partial charge on any atom is -0.306 e. The molecular formula is C15H16BrCl2NS. The summed E-state index contributed by atoms with van der Waals surface area (Å²) in [4.78, 5) is 1.28. The van der Waals surface area contributed by atoms with E-state index < -0.39 is 0 Å².